The number of piperidine rings is 1. The third-order valence-corrected chi connectivity index (χ3v) is 8.59. The van der Waals surface area contributed by atoms with Gasteiger partial charge in [-0.25, -0.2) is 13.2 Å². The van der Waals surface area contributed by atoms with Gasteiger partial charge in [-0.2, -0.15) is 4.31 Å². The summed E-state index contributed by atoms with van der Waals surface area (Å²) in [6.07, 6.45) is 1.20. The van der Waals surface area contributed by atoms with Crippen molar-refractivity contribution in [1.82, 2.24) is 4.31 Å². The van der Waals surface area contributed by atoms with E-state index in [1.165, 1.54) is 34.1 Å². The molecular weight excluding hydrogens is 408 g/mol. The fourth-order valence-corrected chi connectivity index (χ4v) is 6.67. The normalized spacial score (nSPS) is 18.2. The van der Waals surface area contributed by atoms with Crippen molar-refractivity contribution >= 4 is 50.3 Å². The van der Waals surface area contributed by atoms with E-state index in [4.69, 9.17) is 4.74 Å². The van der Waals surface area contributed by atoms with Gasteiger partial charge in [0.2, 0.25) is 5.91 Å². The molecule has 0 bridgehead atoms. The fraction of sp³-hybridized carbons (Fsp3) is 0.412. The van der Waals surface area contributed by atoms with E-state index in [9.17, 15) is 18.0 Å². The first kappa shape index (κ1) is 20.0. The Kier molecular flexibility index (Phi) is 5.99. The third-order valence-electron chi connectivity index (χ3n) is 4.36. The molecule has 1 amide bonds. The number of amides is 1. The number of ether oxygens (including phenoxy) is 1. The largest absolute Gasteiger partial charge is 0.465 e. The summed E-state index contributed by atoms with van der Waals surface area (Å²) >= 11 is 2.41. The molecule has 3 heterocycles. The summed E-state index contributed by atoms with van der Waals surface area (Å²) in [6.45, 7) is 2.38. The average molecular weight is 429 g/mol. The molecule has 0 saturated carbocycles. The van der Waals surface area contributed by atoms with E-state index in [-0.39, 0.29) is 12.5 Å². The Morgan fingerprint density at radius 1 is 1.30 bits per heavy atom. The summed E-state index contributed by atoms with van der Waals surface area (Å²) in [7, 11) is -2.31. The molecule has 1 fully saturated rings. The van der Waals surface area contributed by atoms with E-state index in [0.29, 0.717) is 34.2 Å². The van der Waals surface area contributed by atoms with Crippen LogP contribution < -0.4 is 5.32 Å². The highest BCUT2D eigenvalue weighted by Crippen LogP contribution is 2.29. The predicted molar refractivity (Wildman–Crippen MR) is 105 cm³/mol. The second-order valence-corrected chi connectivity index (χ2v) is 10.6. The van der Waals surface area contributed by atoms with Crippen LogP contribution in [0.4, 0.5) is 5.69 Å². The Morgan fingerprint density at radius 2 is 2.07 bits per heavy atom. The van der Waals surface area contributed by atoms with Gasteiger partial charge in [-0.05, 0) is 43.3 Å². The van der Waals surface area contributed by atoms with Crippen molar-refractivity contribution in [2.45, 2.75) is 24.0 Å². The van der Waals surface area contributed by atoms with Gasteiger partial charge in [-0.15, -0.1) is 22.7 Å². The zero-order chi connectivity index (χ0) is 19.6. The van der Waals surface area contributed by atoms with Gasteiger partial charge in [0, 0.05) is 18.0 Å². The number of rotatable bonds is 5. The minimum Gasteiger partial charge on any atom is -0.465 e. The summed E-state index contributed by atoms with van der Waals surface area (Å²) in [5.41, 5.74) is 0.394. The number of sulfonamides is 1. The van der Waals surface area contributed by atoms with E-state index in [0.717, 1.165) is 4.88 Å². The summed E-state index contributed by atoms with van der Waals surface area (Å²) in [4.78, 5) is 25.7. The van der Waals surface area contributed by atoms with Crippen molar-refractivity contribution < 1.29 is 22.7 Å². The molecule has 0 spiro atoms. The van der Waals surface area contributed by atoms with Crippen LogP contribution in [0.5, 0.6) is 0 Å². The van der Waals surface area contributed by atoms with Crippen molar-refractivity contribution in [3.63, 3.8) is 0 Å². The lowest BCUT2D eigenvalue weighted by molar-refractivity contribution is -0.120. The van der Waals surface area contributed by atoms with Crippen LogP contribution in [0.2, 0.25) is 0 Å². The van der Waals surface area contributed by atoms with Gasteiger partial charge in [0.1, 0.15) is 9.09 Å². The number of nitrogens with one attached hydrogen (secondary N) is 1. The number of aryl methyl sites for hydroxylation is 1. The number of methoxy groups -OCH3 is 1. The SMILES string of the molecule is COC(=O)c1sccc1NC(=O)C1CCCN(S(=O)(=O)c2ccc(C)s2)C1. The Labute approximate surface area is 166 Å². The van der Waals surface area contributed by atoms with E-state index in [1.807, 2.05) is 6.92 Å². The maximum absolute atomic E-state index is 12.8. The van der Waals surface area contributed by atoms with Gasteiger partial charge < -0.3 is 10.1 Å². The minimum absolute atomic E-state index is 0.128. The van der Waals surface area contributed by atoms with E-state index in [2.05, 4.69) is 5.32 Å². The number of carbonyl (C=O) groups is 2. The minimum atomic E-state index is -3.60. The van der Waals surface area contributed by atoms with Crippen LogP contribution in [0.3, 0.4) is 0 Å². The monoisotopic (exact) mass is 428 g/mol. The summed E-state index contributed by atoms with van der Waals surface area (Å²) in [5, 5.41) is 4.44. The first-order chi connectivity index (χ1) is 12.8. The lowest BCUT2D eigenvalue weighted by Crippen LogP contribution is -2.43. The summed E-state index contributed by atoms with van der Waals surface area (Å²) < 4.78 is 32.0. The van der Waals surface area contributed by atoms with E-state index in [1.54, 1.807) is 23.6 Å². The van der Waals surface area contributed by atoms with Crippen molar-refractivity contribution in [1.29, 1.82) is 0 Å². The number of hydrogen-bond acceptors (Lipinski definition) is 7. The summed E-state index contributed by atoms with van der Waals surface area (Å²) in [6, 6.07) is 5.02. The van der Waals surface area contributed by atoms with Gasteiger partial charge in [-0.3, -0.25) is 4.79 Å². The molecule has 27 heavy (non-hydrogen) atoms. The molecule has 146 valence electrons. The molecule has 3 rings (SSSR count). The molecule has 1 saturated heterocycles. The van der Waals surface area contributed by atoms with Crippen molar-refractivity contribution in [3.8, 4) is 0 Å². The second kappa shape index (κ2) is 8.09. The first-order valence-electron chi connectivity index (χ1n) is 8.36. The zero-order valence-electron chi connectivity index (χ0n) is 14.9. The van der Waals surface area contributed by atoms with Crippen molar-refractivity contribution in [2.75, 3.05) is 25.5 Å². The smallest absolute Gasteiger partial charge is 0.350 e. The van der Waals surface area contributed by atoms with Crippen molar-refractivity contribution in [3.05, 3.63) is 33.3 Å². The van der Waals surface area contributed by atoms with Crippen LogP contribution in [0.25, 0.3) is 0 Å². The van der Waals surface area contributed by atoms with Crippen LogP contribution in [0.1, 0.15) is 27.4 Å². The maximum atomic E-state index is 12.8. The van der Waals surface area contributed by atoms with Crippen LogP contribution in [0, 0.1) is 12.8 Å². The quantitative estimate of drug-likeness (QED) is 0.739. The topological polar surface area (TPSA) is 92.8 Å². The third kappa shape index (κ3) is 4.23. The molecule has 1 unspecified atom stereocenters. The maximum Gasteiger partial charge on any atom is 0.350 e. The van der Waals surface area contributed by atoms with Crippen molar-refractivity contribution in [2.24, 2.45) is 5.92 Å². The fourth-order valence-electron chi connectivity index (χ4n) is 2.95. The molecule has 2 aromatic heterocycles. The Hall–Kier alpha value is -1.75. The van der Waals surface area contributed by atoms with Gasteiger partial charge >= 0.3 is 5.97 Å². The predicted octanol–water partition coefficient (Wildman–Crippen LogP) is 2.94. The second-order valence-electron chi connectivity index (χ2n) is 6.21. The molecule has 0 radical (unpaired) electrons. The van der Waals surface area contributed by atoms with E-state index < -0.39 is 21.9 Å². The molecule has 0 aromatic carbocycles. The molecule has 0 aliphatic carbocycles. The molecule has 7 nitrogen and oxygen atoms in total. The standard InChI is InChI=1S/C17H20N2O5S3/c1-11-5-6-14(26-11)27(22,23)19-8-3-4-12(10-19)16(20)18-13-7-9-25-15(13)17(21)24-2/h5-7,9,12H,3-4,8,10H2,1-2H3,(H,18,20). The number of carbonyl (C=O) groups excluding carboxylic acids is 2. The molecule has 1 N–H and O–H groups in total. The lowest BCUT2D eigenvalue weighted by atomic mass is 9.99. The molecule has 1 aliphatic heterocycles. The molecular formula is C17H20N2O5S3. The Bertz CT molecular complexity index is 947. The number of esters is 1. The highest BCUT2D eigenvalue weighted by atomic mass is 32.2. The number of hydrogen-bond donors (Lipinski definition) is 1. The number of thiophene rings is 2. The Balaban J connectivity index is 1.72. The number of nitrogens with zero attached hydrogens (tertiary/aromatic N) is 1. The van der Waals surface area contributed by atoms with Gasteiger partial charge in [0.25, 0.3) is 10.0 Å². The average Bonchev–Trinajstić information content (AvgIpc) is 3.30. The van der Waals surface area contributed by atoms with Crippen LogP contribution in [-0.4, -0.2) is 44.8 Å². The van der Waals surface area contributed by atoms with Crippen LogP contribution in [0.15, 0.2) is 27.8 Å². The van der Waals surface area contributed by atoms with Crippen LogP contribution in [-0.2, 0) is 19.6 Å². The first-order valence-corrected chi connectivity index (χ1v) is 11.5. The summed E-state index contributed by atoms with van der Waals surface area (Å²) in [5.74, 6) is -1.28. The van der Waals surface area contributed by atoms with Gasteiger partial charge in [-0.1, -0.05) is 0 Å². The molecule has 1 aliphatic rings. The zero-order valence-corrected chi connectivity index (χ0v) is 17.4. The Morgan fingerprint density at radius 3 is 2.74 bits per heavy atom. The lowest BCUT2D eigenvalue weighted by Gasteiger charge is -2.30. The highest BCUT2D eigenvalue weighted by Gasteiger charge is 2.34. The highest BCUT2D eigenvalue weighted by molar-refractivity contribution is 7.91. The molecule has 2 aromatic rings. The van der Waals surface area contributed by atoms with Gasteiger partial charge in [0.05, 0.1) is 18.7 Å². The van der Waals surface area contributed by atoms with Crippen LogP contribution >= 0.6 is 22.7 Å². The molecule has 1 atom stereocenters. The van der Waals surface area contributed by atoms with Gasteiger partial charge in [0.15, 0.2) is 0 Å². The number of anilines is 1. The van der Waals surface area contributed by atoms with E-state index >= 15 is 0 Å². The molecule has 10 heteroatoms.